The minimum Gasteiger partial charge on any atom is -0.468 e. The van der Waals surface area contributed by atoms with Crippen LogP contribution in [0.25, 0.3) is 0 Å². The van der Waals surface area contributed by atoms with Gasteiger partial charge >= 0.3 is 0 Å². The van der Waals surface area contributed by atoms with E-state index in [4.69, 9.17) is 27.9 Å². The van der Waals surface area contributed by atoms with E-state index in [1.54, 1.807) is 18.2 Å². The highest BCUT2D eigenvalue weighted by Crippen LogP contribution is 2.37. The van der Waals surface area contributed by atoms with Crippen LogP contribution >= 0.6 is 23.2 Å². The van der Waals surface area contributed by atoms with Crippen molar-refractivity contribution in [1.29, 1.82) is 0 Å². The van der Waals surface area contributed by atoms with Gasteiger partial charge in [-0.3, -0.25) is 13.7 Å². The molecule has 1 aliphatic carbocycles. The van der Waals surface area contributed by atoms with Gasteiger partial charge in [0.05, 0.1) is 28.4 Å². The molecule has 5 nitrogen and oxygen atoms in total. The Morgan fingerprint density at radius 1 is 1.43 bits per heavy atom. The molecule has 1 aromatic rings. The molecule has 0 amide bonds. The third-order valence-electron chi connectivity index (χ3n) is 3.71. The fraction of sp³-hybridized carbons (Fsp3) is 0.400. The van der Waals surface area contributed by atoms with E-state index in [0.29, 0.717) is 30.0 Å². The Bertz CT molecular complexity index is 623. The zero-order valence-corrected chi connectivity index (χ0v) is 14.6. The van der Waals surface area contributed by atoms with Gasteiger partial charge < -0.3 is 4.74 Å². The molecule has 1 aliphatic rings. The van der Waals surface area contributed by atoms with Crippen molar-refractivity contribution in [2.24, 2.45) is 0 Å². The molecule has 0 saturated carbocycles. The molecule has 0 heterocycles. The van der Waals surface area contributed by atoms with Crippen molar-refractivity contribution in [3.8, 4) is 0 Å². The first-order valence-corrected chi connectivity index (χ1v) is 8.96. The van der Waals surface area contributed by atoms with Gasteiger partial charge in [-0.25, -0.2) is 4.21 Å². The molecule has 0 spiro atoms. The van der Waals surface area contributed by atoms with Gasteiger partial charge in [-0.15, -0.1) is 0 Å². The van der Waals surface area contributed by atoms with Crippen LogP contribution in [0.2, 0.25) is 10.0 Å². The number of benzene rings is 1. The van der Waals surface area contributed by atoms with E-state index in [0.717, 1.165) is 18.4 Å². The van der Waals surface area contributed by atoms with Crippen molar-refractivity contribution < 1.29 is 18.3 Å². The van der Waals surface area contributed by atoms with E-state index in [9.17, 15) is 13.6 Å². The van der Waals surface area contributed by atoms with Gasteiger partial charge in [0.25, 0.3) is 17.7 Å². The Hall–Kier alpha value is -1.08. The van der Waals surface area contributed by atoms with Crippen molar-refractivity contribution in [3.05, 3.63) is 39.9 Å². The van der Waals surface area contributed by atoms with Crippen LogP contribution in [0.1, 0.15) is 25.7 Å². The Kier molecular flexibility index (Phi) is 6.89. The topological polar surface area (TPSA) is 66.8 Å². The van der Waals surface area contributed by atoms with Crippen LogP contribution in [0.3, 0.4) is 0 Å². The molecule has 2 atom stereocenters. The highest BCUT2D eigenvalue weighted by Gasteiger charge is 2.30. The third kappa shape index (κ3) is 4.47. The van der Waals surface area contributed by atoms with E-state index in [1.807, 2.05) is 6.08 Å². The highest BCUT2D eigenvalue weighted by atomic mass is 35.5. The maximum Gasteiger partial charge on any atom is 0.293 e. The third-order valence-corrected chi connectivity index (χ3v) is 5.31. The normalized spacial score (nSPS) is 18.9. The van der Waals surface area contributed by atoms with Crippen LogP contribution in [-0.2, 0) is 20.8 Å². The Balaban J connectivity index is 2.33. The molecule has 0 radical (unpaired) electrons. The average Bonchev–Trinajstić information content (AvgIpc) is 2.53. The average molecular weight is 378 g/mol. The first kappa shape index (κ1) is 18.3. The van der Waals surface area contributed by atoms with Gasteiger partial charge in [-0.1, -0.05) is 35.3 Å². The summed E-state index contributed by atoms with van der Waals surface area (Å²) >= 11 is 9.98. The molecule has 0 saturated heterocycles. The van der Waals surface area contributed by atoms with Crippen LogP contribution in [0.4, 0.5) is 5.69 Å². The smallest absolute Gasteiger partial charge is 0.293 e. The maximum absolute atomic E-state index is 12.0. The molecule has 1 N–H and O–H groups in total. The quantitative estimate of drug-likeness (QED) is 0.337. The molecule has 0 aliphatic heterocycles. The summed E-state index contributed by atoms with van der Waals surface area (Å²) in [7, 11) is 0. The van der Waals surface area contributed by atoms with Crippen molar-refractivity contribution in [2.45, 2.75) is 31.7 Å². The zero-order valence-electron chi connectivity index (χ0n) is 12.3. The van der Waals surface area contributed by atoms with Crippen LogP contribution in [0.15, 0.2) is 29.8 Å². The van der Waals surface area contributed by atoms with E-state index in [1.165, 1.54) is 4.31 Å². The molecule has 2 rings (SSSR count). The number of allylic oxidation sites excluding steroid dienone is 1. The van der Waals surface area contributed by atoms with Gasteiger partial charge in [0.15, 0.2) is 0 Å². The minimum atomic E-state index is -2.26. The largest absolute Gasteiger partial charge is 0.468 e. The number of rotatable bonds is 7. The van der Waals surface area contributed by atoms with Crippen molar-refractivity contribution in [1.82, 2.24) is 0 Å². The molecule has 23 heavy (non-hydrogen) atoms. The van der Waals surface area contributed by atoms with E-state index < -0.39 is 11.3 Å². The number of anilines is 1. The fourth-order valence-corrected chi connectivity index (χ4v) is 3.92. The van der Waals surface area contributed by atoms with E-state index >= 15 is 0 Å². The predicted octanol–water partition coefficient (Wildman–Crippen LogP) is 3.98. The number of carbonyl (C=O) groups is 1. The SMILES string of the molecule is O=COCCC1=CCCCC1N(c1cccc(Cl)c1Cl)S(=O)O. The van der Waals surface area contributed by atoms with Gasteiger partial charge in [-0.2, -0.15) is 0 Å². The van der Waals surface area contributed by atoms with Gasteiger partial charge in [0, 0.05) is 6.42 Å². The second-order valence-corrected chi connectivity index (χ2v) is 6.71. The van der Waals surface area contributed by atoms with E-state index in [-0.39, 0.29) is 17.7 Å². The summed E-state index contributed by atoms with van der Waals surface area (Å²) < 4.78 is 27.9. The summed E-state index contributed by atoms with van der Waals surface area (Å²) in [6.45, 7) is 0.634. The van der Waals surface area contributed by atoms with Crippen molar-refractivity contribution >= 4 is 46.6 Å². The number of hydrogen-bond acceptors (Lipinski definition) is 3. The Labute approximate surface area is 147 Å². The summed E-state index contributed by atoms with van der Waals surface area (Å²) in [6, 6.07) is 4.68. The zero-order chi connectivity index (χ0) is 16.8. The monoisotopic (exact) mass is 377 g/mol. The number of hydrogen-bond donors (Lipinski definition) is 1. The maximum atomic E-state index is 12.0. The highest BCUT2D eigenvalue weighted by molar-refractivity contribution is 7.80. The first-order chi connectivity index (χ1) is 11.1. The summed E-state index contributed by atoms with van der Waals surface area (Å²) in [5.74, 6) is 0. The lowest BCUT2D eigenvalue weighted by Crippen LogP contribution is -2.39. The molecule has 0 fully saturated rings. The second-order valence-electron chi connectivity index (χ2n) is 5.07. The molecular weight excluding hydrogens is 361 g/mol. The van der Waals surface area contributed by atoms with Crippen LogP contribution < -0.4 is 4.31 Å². The molecule has 0 aromatic heterocycles. The Morgan fingerprint density at radius 2 is 2.22 bits per heavy atom. The lowest BCUT2D eigenvalue weighted by Gasteiger charge is -2.34. The van der Waals surface area contributed by atoms with Gasteiger partial charge in [0.2, 0.25) is 0 Å². The lowest BCUT2D eigenvalue weighted by molar-refractivity contribution is -0.128. The van der Waals surface area contributed by atoms with Gasteiger partial charge in [-0.05, 0) is 37.0 Å². The summed E-state index contributed by atoms with van der Waals surface area (Å²) in [6.07, 6.45) is 5.04. The molecule has 2 unspecified atom stereocenters. The molecule has 1 aromatic carbocycles. The van der Waals surface area contributed by atoms with E-state index in [2.05, 4.69) is 0 Å². The summed E-state index contributed by atoms with van der Waals surface area (Å²) in [5.41, 5.74) is 1.37. The standard InChI is InChI=1S/C15H17Cl2NO4S/c16-12-5-3-7-14(15(12)17)18(23(20)21)13-6-2-1-4-11(13)8-9-22-10-19/h3-5,7,10,13H,1-2,6,8-9H2,(H,20,21). The fourth-order valence-electron chi connectivity index (χ4n) is 2.71. The molecule has 0 bridgehead atoms. The number of ether oxygens (including phenoxy) is 1. The van der Waals surface area contributed by atoms with Crippen molar-refractivity contribution in [2.75, 3.05) is 10.9 Å². The van der Waals surface area contributed by atoms with Crippen LogP contribution in [0, 0.1) is 0 Å². The van der Waals surface area contributed by atoms with Crippen LogP contribution in [0.5, 0.6) is 0 Å². The van der Waals surface area contributed by atoms with Crippen LogP contribution in [-0.4, -0.2) is 27.9 Å². The predicted molar refractivity (Wildman–Crippen MR) is 92.1 cm³/mol. The van der Waals surface area contributed by atoms with Crippen molar-refractivity contribution in [3.63, 3.8) is 0 Å². The molecule has 126 valence electrons. The number of halogens is 2. The minimum absolute atomic E-state index is 0.237. The number of nitrogens with zero attached hydrogens (tertiary/aromatic N) is 1. The molecular formula is C15H17Cl2NO4S. The second kappa shape index (κ2) is 8.68. The molecule has 8 heteroatoms. The summed E-state index contributed by atoms with van der Waals surface area (Å²) in [4.78, 5) is 10.3. The van der Waals surface area contributed by atoms with Gasteiger partial charge in [0.1, 0.15) is 0 Å². The first-order valence-electron chi connectivity index (χ1n) is 7.14. The Morgan fingerprint density at radius 3 is 2.91 bits per heavy atom. The number of carbonyl (C=O) groups excluding carboxylic acids is 1. The lowest BCUT2D eigenvalue weighted by atomic mass is 9.92. The summed E-state index contributed by atoms with van der Waals surface area (Å²) in [5, 5.41) is 0.566.